The van der Waals surface area contributed by atoms with Crippen LogP contribution in [-0.2, 0) is 0 Å². The van der Waals surface area contributed by atoms with Gasteiger partial charge in [0.1, 0.15) is 0 Å². The zero-order chi connectivity index (χ0) is 14.0. The number of hydrogen-bond acceptors (Lipinski definition) is 2. The fourth-order valence-electron chi connectivity index (χ4n) is 2.39. The van der Waals surface area contributed by atoms with Crippen molar-refractivity contribution in [3.8, 4) is 0 Å². The smallest absolute Gasteiger partial charge is 0.255 e. The Bertz CT molecular complexity index is 496. The van der Waals surface area contributed by atoms with Crippen LogP contribution in [0.4, 0.5) is 8.78 Å². The average Bonchev–Trinajstić information content (AvgIpc) is 2.82. The Morgan fingerprint density at radius 3 is 2.84 bits per heavy atom. The number of likely N-dealkylation sites (N-methyl/N-ethyl adjacent to an activating group) is 1. The molecule has 1 aromatic rings. The van der Waals surface area contributed by atoms with Gasteiger partial charge < -0.3 is 10.2 Å². The van der Waals surface area contributed by atoms with Gasteiger partial charge in [-0.2, -0.15) is 0 Å². The maximum atomic E-state index is 13.3. The lowest BCUT2D eigenvalue weighted by molar-refractivity contribution is 0.0735. The van der Waals surface area contributed by atoms with E-state index in [9.17, 15) is 13.6 Å². The maximum Gasteiger partial charge on any atom is 0.255 e. The van der Waals surface area contributed by atoms with E-state index in [1.165, 1.54) is 0 Å². The number of benzene rings is 1. The first-order valence-corrected chi connectivity index (χ1v) is 6.94. The number of likely N-dealkylation sites (tertiary alicyclic amines) is 1. The molecule has 1 aromatic carbocycles. The second-order valence-corrected chi connectivity index (χ2v) is 5.45. The lowest BCUT2D eigenvalue weighted by Crippen LogP contribution is -2.41. The summed E-state index contributed by atoms with van der Waals surface area (Å²) in [6.07, 6.45) is 1.85. The molecular formula is C13H15BrF2N2O. The molecule has 104 valence electrons. The Morgan fingerprint density at radius 1 is 1.47 bits per heavy atom. The topological polar surface area (TPSA) is 32.3 Å². The van der Waals surface area contributed by atoms with Gasteiger partial charge in [0, 0.05) is 23.6 Å². The van der Waals surface area contributed by atoms with Crippen molar-refractivity contribution in [2.45, 2.75) is 18.9 Å². The highest BCUT2D eigenvalue weighted by Gasteiger charge is 2.30. The molecule has 1 heterocycles. The van der Waals surface area contributed by atoms with Crippen LogP contribution in [0.1, 0.15) is 23.2 Å². The van der Waals surface area contributed by atoms with Gasteiger partial charge in [-0.1, -0.05) is 0 Å². The standard InChI is InChI=1S/C13H15BrF2N2O/c1-17-7-8-3-2-4-18(8)13(19)9-5-11(15)12(16)6-10(9)14/h5-6,8,17H,2-4,7H2,1H3. The molecule has 0 saturated carbocycles. The van der Waals surface area contributed by atoms with Crippen molar-refractivity contribution in [2.24, 2.45) is 0 Å². The van der Waals surface area contributed by atoms with Crippen LogP contribution in [0.5, 0.6) is 0 Å². The zero-order valence-electron chi connectivity index (χ0n) is 10.5. The van der Waals surface area contributed by atoms with Crippen LogP contribution in [0.2, 0.25) is 0 Å². The van der Waals surface area contributed by atoms with Gasteiger partial charge in [-0.15, -0.1) is 0 Å². The monoisotopic (exact) mass is 332 g/mol. The van der Waals surface area contributed by atoms with Crippen LogP contribution >= 0.6 is 15.9 Å². The quantitative estimate of drug-likeness (QED) is 0.863. The molecule has 19 heavy (non-hydrogen) atoms. The van der Waals surface area contributed by atoms with Gasteiger partial charge in [-0.25, -0.2) is 8.78 Å². The Balaban J connectivity index is 2.26. The molecule has 1 unspecified atom stereocenters. The minimum absolute atomic E-state index is 0.109. The molecule has 1 N–H and O–H groups in total. The summed E-state index contributed by atoms with van der Waals surface area (Å²) < 4.78 is 26.6. The predicted molar refractivity (Wildman–Crippen MR) is 72.0 cm³/mol. The molecule has 0 radical (unpaired) electrons. The lowest BCUT2D eigenvalue weighted by atomic mass is 10.1. The van der Waals surface area contributed by atoms with E-state index in [4.69, 9.17) is 0 Å². The van der Waals surface area contributed by atoms with Crippen LogP contribution in [0.15, 0.2) is 16.6 Å². The number of hydrogen-bond donors (Lipinski definition) is 1. The van der Waals surface area contributed by atoms with Gasteiger partial charge in [0.15, 0.2) is 11.6 Å². The predicted octanol–water partition coefficient (Wildman–Crippen LogP) is 2.55. The molecule has 3 nitrogen and oxygen atoms in total. The van der Waals surface area contributed by atoms with Crippen molar-refractivity contribution in [3.63, 3.8) is 0 Å². The fraction of sp³-hybridized carbons (Fsp3) is 0.462. The minimum Gasteiger partial charge on any atom is -0.334 e. The van der Waals surface area contributed by atoms with E-state index in [0.717, 1.165) is 25.0 Å². The molecule has 2 rings (SSSR count). The third-order valence-electron chi connectivity index (χ3n) is 3.32. The largest absolute Gasteiger partial charge is 0.334 e. The molecule has 1 fully saturated rings. The number of halogens is 3. The van der Waals surface area contributed by atoms with E-state index in [-0.39, 0.29) is 22.0 Å². The van der Waals surface area contributed by atoms with Crippen LogP contribution in [0.25, 0.3) is 0 Å². The number of carbonyl (C=O) groups is 1. The first kappa shape index (κ1) is 14.4. The molecule has 0 spiro atoms. The van der Waals surface area contributed by atoms with Gasteiger partial charge >= 0.3 is 0 Å². The number of amides is 1. The highest BCUT2D eigenvalue weighted by Crippen LogP contribution is 2.25. The van der Waals surface area contributed by atoms with Crippen molar-refractivity contribution in [1.82, 2.24) is 10.2 Å². The molecule has 6 heteroatoms. The van der Waals surface area contributed by atoms with Crippen molar-refractivity contribution >= 4 is 21.8 Å². The van der Waals surface area contributed by atoms with E-state index in [0.29, 0.717) is 13.1 Å². The number of nitrogens with one attached hydrogen (secondary N) is 1. The Kier molecular flexibility index (Phi) is 4.52. The Hall–Kier alpha value is -1.01. The van der Waals surface area contributed by atoms with E-state index in [1.807, 2.05) is 7.05 Å². The summed E-state index contributed by atoms with van der Waals surface area (Å²) >= 11 is 3.12. The number of nitrogens with zero attached hydrogens (tertiary/aromatic N) is 1. The van der Waals surface area contributed by atoms with Crippen LogP contribution < -0.4 is 5.32 Å². The summed E-state index contributed by atoms with van der Waals surface area (Å²) in [6.45, 7) is 1.35. The third-order valence-corrected chi connectivity index (χ3v) is 3.97. The summed E-state index contributed by atoms with van der Waals surface area (Å²) in [5.41, 5.74) is 0.168. The van der Waals surface area contributed by atoms with Crippen molar-refractivity contribution in [2.75, 3.05) is 20.1 Å². The van der Waals surface area contributed by atoms with Crippen molar-refractivity contribution in [1.29, 1.82) is 0 Å². The molecule has 1 atom stereocenters. The highest BCUT2D eigenvalue weighted by molar-refractivity contribution is 9.10. The Labute approximate surface area is 119 Å². The second kappa shape index (κ2) is 5.96. The molecule has 0 bridgehead atoms. The summed E-state index contributed by atoms with van der Waals surface area (Å²) in [6, 6.07) is 2.06. The first-order chi connectivity index (χ1) is 9.04. The molecule has 1 saturated heterocycles. The SMILES string of the molecule is CNCC1CCCN1C(=O)c1cc(F)c(F)cc1Br. The minimum atomic E-state index is -1.00. The summed E-state index contributed by atoms with van der Waals surface area (Å²) in [4.78, 5) is 14.1. The van der Waals surface area contributed by atoms with E-state index in [1.54, 1.807) is 4.90 Å². The average molecular weight is 333 g/mol. The lowest BCUT2D eigenvalue weighted by Gasteiger charge is -2.25. The van der Waals surface area contributed by atoms with Gasteiger partial charge in [-0.3, -0.25) is 4.79 Å². The van der Waals surface area contributed by atoms with Gasteiger partial charge in [0.2, 0.25) is 0 Å². The molecule has 1 aliphatic heterocycles. The highest BCUT2D eigenvalue weighted by atomic mass is 79.9. The Morgan fingerprint density at radius 2 is 2.16 bits per heavy atom. The van der Waals surface area contributed by atoms with E-state index in [2.05, 4.69) is 21.2 Å². The molecule has 0 aliphatic carbocycles. The summed E-state index contributed by atoms with van der Waals surface area (Å²) in [5, 5.41) is 3.04. The van der Waals surface area contributed by atoms with Gasteiger partial charge in [0.25, 0.3) is 5.91 Å². The third kappa shape index (κ3) is 2.95. The number of rotatable bonds is 3. The fourth-order valence-corrected chi connectivity index (χ4v) is 2.88. The van der Waals surface area contributed by atoms with Crippen LogP contribution in [-0.4, -0.2) is 37.0 Å². The molecule has 1 amide bonds. The summed E-state index contributed by atoms with van der Waals surface area (Å²) in [7, 11) is 1.83. The van der Waals surface area contributed by atoms with Crippen molar-refractivity contribution < 1.29 is 13.6 Å². The van der Waals surface area contributed by atoms with Gasteiger partial charge in [-0.05, 0) is 48.0 Å². The zero-order valence-corrected chi connectivity index (χ0v) is 12.1. The first-order valence-electron chi connectivity index (χ1n) is 6.14. The van der Waals surface area contributed by atoms with Gasteiger partial charge in [0.05, 0.1) is 5.56 Å². The maximum absolute atomic E-state index is 13.3. The van der Waals surface area contributed by atoms with Crippen LogP contribution in [0.3, 0.4) is 0 Å². The molecular weight excluding hydrogens is 318 g/mol. The van der Waals surface area contributed by atoms with E-state index < -0.39 is 11.6 Å². The number of carbonyl (C=O) groups excluding carboxylic acids is 1. The molecule has 0 aromatic heterocycles. The van der Waals surface area contributed by atoms with Crippen LogP contribution in [0, 0.1) is 11.6 Å². The molecule has 1 aliphatic rings. The summed E-state index contributed by atoms with van der Waals surface area (Å²) in [5.74, 6) is -2.23. The normalized spacial score (nSPS) is 18.9. The van der Waals surface area contributed by atoms with E-state index >= 15 is 0 Å². The van der Waals surface area contributed by atoms with Crippen molar-refractivity contribution in [3.05, 3.63) is 33.8 Å². The second-order valence-electron chi connectivity index (χ2n) is 4.60.